The van der Waals surface area contributed by atoms with E-state index in [1.54, 1.807) is 0 Å². The third-order valence-corrected chi connectivity index (χ3v) is 8.78. The van der Waals surface area contributed by atoms with Gasteiger partial charge in [0.15, 0.2) is 11.5 Å². The summed E-state index contributed by atoms with van der Waals surface area (Å²) in [7, 11) is 0. The molecule has 0 radical (unpaired) electrons. The van der Waals surface area contributed by atoms with E-state index in [4.69, 9.17) is 11.6 Å². The molecule has 0 atom stereocenters. The summed E-state index contributed by atoms with van der Waals surface area (Å²) in [6.45, 7) is 16.3. The minimum absolute atomic E-state index is 0.615. The molecule has 0 saturated heterocycles. The van der Waals surface area contributed by atoms with Crippen LogP contribution in [0.1, 0.15) is 22.3 Å². The average Bonchev–Trinajstić information content (AvgIpc) is 3.50. The summed E-state index contributed by atoms with van der Waals surface area (Å²) in [5, 5.41) is 4.81. The molecule has 0 aliphatic carbocycles. The molecule has 0 unspecified atom stereocenters. The van der Waals surface area contributed by atoms with Crippen molar-refractivity contribution in [2.24, 2.45) is 0 Å². The lowest BCUT2D eigenvalue weighted by molar-refractivity contribution is 1.03. The number of nitrogens with zero attached hydrogens (tertiary/aromatic N) is 4. The van der Waals surface area contributed by atoms with E-state index in [0.717, 1.165) is 44.7 Å². The van der Waals surface area contributed by atoms with Gasteiger partial charge in [-0.05, 0) is 91.9 Å². The molecule has 8 aromatic rings. The Labute approximate surface area is 256 Å². The number of hydrogen-bond acceptors (Lipinski definition) is 1. The van der Waals surface area contributed by atoms with Gasteiger partial charge in [-0.2, -0.15) is 0 Å². The Morgan fingerprint density at radius 1 is 0.545 bits per heavy atom. The maximum absolute atomic E-state index is 7.74. The molecule has 44 heavy (non-hydrogen) atoms. The van der Waals surface area contributed by atoms with Crippen molar-refractivity contribution < 1.29 is 0 Å². The van der Waals surface area contributed by atoms with Crippen molar-refractivity contribution >= 4 is 49.3 Å². The SMILES string of the molecule is [C-]#[N+]c1cccc(-c2ccnc(-n3c4cc(C)ccc4c4ccc(C)cc43)c2-n2c3cc(C)ccc3c3ccc(C)cc32)c1. The first-order valence-corrected chi connectivity index (χ1v) is 14.9. The number of benzene rings is 5. The number of rotatable bonds is 3. The second-order valence-electron chi connectivity index (χ2n) is 11.9. The predicted octanol–water partition coefficient (Wildman–Crippen LogP) is 10.7. The van der Waals surface area contributed by atoms with E-state index in [9.17, 15) is 0 Å². The lowest BCUT2D eigenvalue weighted by Crippen LogP contribution is -2.08. The molecule has 0 aliphatic heterocycles. The molecule has 0 aliphatic rings. The molecular weight excluding hydrogens is 536 g/mol. The van der Waals surface area contributed by atoms with Crippen molar-refractivity contribution in [1.29, 1.82) is 0 Å². The van der Waals surface area contributed by atoms with E-state index in [2.05, 4.69) is 127 Å². The van der Waals surface area contributed by atoms with Gasteiger partial charge in [0.05, 0.1) is 34.3 Å². The Morgan fingerprint density at radius 2 is 1.02 bits per heavy atom. The molecule has 5 aromatic carbocycles. The molecule has 0 N–H and O–H groups in total. The second kappa shape index (κ2) is 9.69. The molecule has 210 valence electrons. The highest BCUT2D eigenvalue weighted by Crippen LogP contribution is 2.42. The van der Waals surface area contributed by atoms with Crippen molar-refractivity contribution in [3.8, 4) is 22.6 Å². The normalized spacial score (nSPS) is 11.6. The van der Waals surface area contributed by atoms with Gasteiger partial charge in [0.25, 0.3) is 0 Å². The zero-order valence-corrected chi connectivity index (χ0v) is 25.2. The zero-order chi connectivity index (χ0) is 30.1. The first-order valence-electron chi connectivity index (χ1n) is 14.9. The number of hydrogen-bond donors (Lipinski definition) is 0. The van der Waals surface area contributed by atoms with Crippen molar-refractivity contribution in [2.75, 3.05) is 0 Å². The lowest BCUT2D eigenvalue weighted by atomic mass is 10.0. The fraction of sp³-hybridized carbons (Fsp3) is 0.100. The third-order valence-electron chi connectivity index (χ3n) is 8.78. The van der Waals surface area contributed by atoms with Gasteiger partial charge >= 0.3 is 0 Å². The van der Waals surface area contributed by atoms with Gasteiger partial charge in [-0.15, -0.1) is 0 Å². The number of aryl methyl sites for hydroxylation is 4. The van der Waals surface area contributed by atoms with E-state index < -0.39 is 0 Å². The number of fused-ring (bicyclic) bond motifs is 6. The number of aromatic nitrogens is 3. The smallest absolute Gasteiger partial charge is 0.187 e. The first-order chi connectivity index (χ1) is 21.4. The van der Waals surface area contributed by atoms with Gasteiger partial charge < -0.3 is 4.57 Å². The third kappa shape index (κ3) is 3.87. The Kier molecular flexibility index (Phi) is 5.73. The largest absolute Gasteiger partial charge is 0.305 e. The quantitative estimate of drug-likeness (QED) is 0.195. The van der Waals surface area contributed by atoms with Crippen LogP contribution in [0.2, 0.25) is 0 Å². The molecule has 3 heterocycles. The molecule has 8 rings (SSSR count). The fourth-order valence-corrected chi connectivity index (χ4v) is 6.75. The van der Waals surface area contributed by atoms with E-state index in [1.165, 1.54) is 43.8 Å². The van der Waals surface area contributed by atoms with Crippen LogP contribution in [0.25, 0.3) is 71.1 Å². The molecule has 4 nitrogen and oxygen atoms in total. The van der Waals surface area contributed by atoms with Gasteiger partial charge in [-0.3, -0.25) is 4.57 Å². The predicted molar refractivity (Wildman–Crippen MR) is 184 cm³/mol. The fourth-order valence-electron chi connectivity index (χ4n) is 6.75. The van der Waals surface area contributed by atoms with Gasteiger partial charge in [0.1, 0.15) is 0 Å². The van der Waals surface area contributed by atoms with Crippen LogP contribution in [0, 0.1) is 34.3 Å². The molecule has 0 amide bonds. The average molecular weight is 567 g/mol. The molecule has 0 bridgehead atoms. The van der Waals surface area contributed by atoms with Gasteiger partial charge in [-0.1, -0.05) is 66.7 Å². The Hall–Kier alpha value is -5.66. The van der Waals surface area contributed by atoms with E-state index in [1.807, 2.05) is 24.4 Å². The van der Waals surface area contributed by atoms with Crippen LogP contribution in [0.3, 0.4) is 0 Å². The molecular formula is C40H30N4. The van der Waals surface area contributed by atoms with Crippen LogP contribution < -0.4 is 0 Å². The van der Waals surface area contributed by atoms with Crippen LogP contribution in [-0.4, -0.2) is 14.1 Å². The lowest BCUT2D eigenvalue weighted by Gasteiger charge is -2.20. The Morgan fingerprint density at radius 3 is 1.50 bits per heavy atom. The van der Waals surface area contributed by atoms with Crippen molar-refractivity contribution in [1.82, 2.24) is 14.1 Å². The van der Waals surface area contributed by atoms with Crippen LogP contribution in [0.4, 0.5) is 5.69 Å². The summed E-state index contributed by atoms with van der Waals surface area (Å²) in [5.74, 6) is 0.855. The molecule has 3 aromatic heterocycles. The summed E-state index contributed by atoms with van der Waals surface area (Å²) in [6, 6.07) is 36.8. The Bertz CT molecular complexity index is 2380. The minimum atomic E-state index is 0.615. The van der Waals surface area contributed by atoms with Crippen LogP contribution in [-0.2, 0) is 0 Å². The summed E-state index contributed by atoms with van der Waals surface area (Å²) in [6.07, 6.45) is 1.91. The van der Waals surface area contributed by atoms with Crippen LogP contribution >= 0.6 is 0 Å². The van der Waals surface area contributed by atoms with Crippen molar-refractivity contribution in [2.45, 2.75) is 27.7 Å². The van der Waals surface area contributed by atoms with Gasteiger partial charge in [0.2, 0.25) is 0 Å². The molecule has 0 spiro atoms. The number of pyridine rings is 1. The van der Waals surface area contributed by atoms with Crippen LogP contribution in [0.5, 0.6) is 0 Å². The van der Waals surface area contributed by atoms with Gasteiger partial charge in [0, 0.05) is 33.3 Å². The minimum Gasteiger partial charge on any atom is -0.305 e. The molecule has 0 saturated carbocycles. The highest BCUT2D eigenvalue weighted by atomic mass is 15.1. The standard InChI is InChI=1S/C40H30N4/c1-24-9-13-31-32-14-10-25(2)20-36(32)43(35(31)19-24)39-30(28-7-6-8-29(23-28)41-5)17-18-42-40(39)44-37-21-26(3)11-15-33(37)34-16-12-27(4)22-38(34)44/h6-23H,1-4H3. The summed E-state index contributed by atoms with van der Waals surface area (Å²) in [5.41, 5.74) is 12.9. The monoisotopic (exact) mass is 566 g/mol. The Balaban J connectivity index is 1.62. The van der Waals surface area contributed by atoms with Crippen LogP contribution in [0.15, 0.2) is 109 Å². The van der Waals surface area contributed by atoms with Crippen molar-refractivity contribution in [3.05, 3.63) is 143 Å². The summed E-state index contributed by atoms with van der Waals surface area (Å²) >= 11 is 0. The topological polar surface area (TPSA) is 27.1 Å². The highest BCUT2D eigenvalue weighted by molar-refractivity contribution is 6.12. The van der Waals surface area contributed by atoms with E-state index in [-0.39, 0.29) is 0 Å². The first kappa shape index (κ1) is 26.0. The summed E-state index contributed by atoms with van der Waals surface area (Å²) < 4.78 is 4.74. The zero-order valence-electron chi connectivity index (χ0n) is 25.2. The second-order valence-corrected chi connectivity index (χ2v) is 11.9. The maximum atomic E-state index is 7.74. The van der Waals surface area contributed by atoms with Crippen molar-refractivity contribution in [3.63, 3.8) is 0 Å². The maximum Gasteiger partial charge on any atom is 0.187 e. The molecule has 4 heteroatoms. The van der Waals surface area contributed by atoms with E-state index >= 15 is 0 Å². The highest BCUT2D eigenvalue weighted by Gasteiger charge is 2.24. The van der Waals surface area contributed by atoms with Gasteiger partial charge in [-0.25, -0.2) is 9.83 Å². The van der Waals surface area contributed by atoms with E-state index in [0.29, 0.717) is 5.69 Å². The molecule has 0 fully saturated rings. The summed E-state index contributed by atoms with van der Waals surface area (Å²) in [4.78, 5) is 8.97.